The number of hydrogen-bond donors (Lipinski definition) is 0. The van der Waals surface area contributed by atoms with Crippen molar-refractivity contribution in [3.63, 3.8) is 0 Å². The fourth-order valence-electron chi connectivity index (χ4n) is 5.09. The number of hydrogen-bond acceptors (Lipinski definition) is 0. The zero-order valence-electron chi connectivity index (χ0n) is 18.0. The summed E-state index contributed by atoms with van der Waals surface area (Å²) < 4.78 is 4.80. The SMILES string of the molecule is c1ccc([CH](c2ccccc2)[Sn]([c]2ccccc2)([c]2ccccc2)[c]2ccccc2)cc1. The van der Waals surface area contributed by atoms with E-state index >= 15 is 0 Å². The summed E-state index contributed by atoms with van der Waals surface area (Å²) >= 11 is -3.63. The van der Waals surface area contributed by atoms with Crippen LogP contribution in [-0.2, 0) is 0 Å². The number of rotatable bonds is 6. The van der Waals surface area contributed by atoms with E-state index in [1.165, 1.54) is 21.9 Å². The molecule has 0 N–H and O–H groups in total. The maximum absolute atomic E-state index is 3.63. The summed E-state index contributed by atoms with van der Waals surface area (Å²) in [5.41, 5.74) is 2.79. The minimum absolute atomic E-state index is 0.305. The molecule has 5 aromatic rings. The van der Waals surface area contributed by atoms with Crippen LogP contribution >= 0.6 is 0 Å². The molecule has 0 amide bonds. The van der Waals surface area contributed by atoms with Crippen molar-refractivity contribution in [3.8, 4) is 0 Å². The first-order valence-corrected chi connectivity index (χ1v) is 17.1. The van der Waals surface area contributed by atoms with E-state index in [2.05, 4.69) is 152 Å². The van der Waals surface area contributed by atoms with E-state index in [1.54, 1.807) is 0 Å². The van der Waals surface area contributed by atoms with Crippen molar-refractivity contribution in [1.29, 1.82) is 0 Å². The molecule has 5 aromatic carbocycles. The van der Waals surface area contributed by atoms with E-state index in [-0.39, 0.29) is 0 Å². The Kier molecular flexibility index (Phi) is 6.22. The Balaban J connectivity index is 1.94. The van der Waals surface area contributed by atoms with Crippen LogP contribution in [0, 0.1) is 0 Å². The average molecular weight is 517 g/mol. The second kappa shape index (κ2) is 9.58. The Hall–Kier alpha value is -3.10. The van der Waals surface area contributed by atoms with Gasteiger partial charge in [0.05, 0.1) is 0 Å². The Bertz CT molecular complexity index is 1100. The van der Waals surface area contributed by atoms with Crippen molar-refractivity contribution < 1.29 is 0 Å². The zero-order chi connectivity index (χ0) is 21.6. The predicted molar refractivity (Wildman–Crippen MR) is 139 cm³/mol. The molecule has 0 radical (unpaired) electrons. The van der Waals surface area contributed by atoms with Gasteiger partial charge in [-0.25, -0.2) is 0 Å². The maximum atomic E-state index is 2.37. The monoisotopic (exact) mass is 518 g/mol. The van der Waals surface area contributed by atoms with Crippen LogP contribution in [-0.4, -0.2) is 18.4 Å². The summed E-state index contributed by atoms with van der Waals surface area (Å²) in [7, 11) is 0. The van der Waals surface area contributed by atoms with Crippen molar-refractivity contribution in [2.24, 2.45) is 0 Å². The van der Waals surface area contributed by atoms with Crippen LogP contribution < -0.4 is 10.7 Å². The molecule has 0 atom stereocenters. The zero-order valence-corrected chi connectivity index (χ0v) is 20.9. The van der Waals surface area contributed by atoms with Gasteiger partial charge in [0, 0.05) is 0 Å². The van der Waals surface area contributed by atoms with Crippen molar-refractivity contribution in [3.05, 3.63) is 163 Å². The van der Waals surface area contributed by atoms with Crippen LogP contribution in [0.5, 0.6) is 0 Å². The molecule has 0 saturated heterocycles. The van der Waals surface area contributed by atoms with E-state index in [4.69, 9.17) is 0 Å². The van der Waals surface area contributed by atoms with Crippen LogP contribution in [0.4, 0.5) is 0 Å². The molecule has 5 rings (SSSR count). The molecule has 0 aliphatic heterocycles. The molecule has 0 fully saturated rings. The second-order valence-electron chi connectivity index (χ2n) is 8.16. The summed E-state index contributed by atoms with van der Waals surface area (Å²) in [5, 5.41) is 0. The molecule has 0 nitrogen and oxygen atoms in total. The van der Waals surface area contributed by atoms with Gasteiger partial charge in [0.2, 0.25) is 0 Å². The molecule has 0 aliphatic carbocycles. The molecule has 0 bridgehead atoms. The standard InChI is InChI=1S/C13H11.3C6H5.Sn/c1-3-7-12(8-4-1)11-13-9-5-2-6-10-13;3*1-2-4-6-5-3-1;/h1-11H;3*1-5H;. The average Bonchev–Trinajstić information content (AvgIpc) is 2.90. The fourth-order valence-corrected chi connectivity index (χ4v) is 20.9. The van der Waals surface area contributed by atoms with E-state index in [1.807, 2.05) is 0 Å². The van der Waals surface area contributed by atoms with E-state index < -0.39 is 18.4 Å². The summed E-state index contributed by atoms with van der Waals surface area (Å²) in [6, 6.07) is 56.1. The van der Waals surface area contributed by atoms with Gasteiger partial charge in [-0.3, -0.25) is 0 Å². The Morgan fingerprint density at radius 2 is 0.562 bits per heavy atom. The predicted octanol–water partition coefficient (Wildman–Crippen LogP) is 5.53. The first-order valence-electron chi connectivity index (χ1n) is 11.2. The molecular weight excluding hydrogens is 491 g/mol. The van der Waals surface area contributed by atoms with Crippen molar-refractivity contribution >= 4 is 29.1 Å². The van der Waals surface area contributed by atoms with E-state index in [0.717, 1.165) is 0 Å². The van der Waals surface area contributed by atoms with Gasteiger partial charge in [-0.2, -0.15) is 0 Å². The van der Waals surface area contributed by atoms with Crippen LogP contribution in [0.3, 0.4) is 0 Å². The van der Waals surface area contributed by atoms with Gasteiger partial charge >= 0.3 is 196 Å². The molecule has 0 aromatic heterocycles. The van der Waals surface area contributed by atoms with Gasteiger partial charge in [0.1, 0.15) is 0 Å². The third-order valence-corrected chi connectivity index (χ3v) is 21.4. The molecule has 1 heteroatoms. The topological polar surface area (TPSA) is 0 Å². The van der Waals surface area contributed by atoms with Crippen molar-refractivity contribution in [1.82, 2.24) is 0 Å². The summed E-state index contributed by atoms with van der Waals surface area (Å²) in [4.78, 5) is 0. The third-order valence-electron chi connectivity index (χ3n) is 6.39. The number of benzene rings is 5. The van der Waals surface area contributed by atoms with Gasteiger partial charge in [-0.05, 0) is 0 Å². The van der Waals surface area contributed by atoms with Gasteiger partial charge in [-0.15, -0.1) is 0 Å². The molecule has 0 heterocycles. The summed E-state index contributed by atoms with van der Waals surface area (Å²) in [5.74, 6) is 0. The fraction of sp³-hybridized carbons (Fsp3) is 0.0323. The second-order valence-corrected chi connectivity index (χ2v) is 19.4. The Labute approximate surface area is 195 Å². The van der Waals surface area contributed by atoms with E-state index in [9.17, 15) is 0 Å². The molecule has 0 unspecified atom stereocenters. The van der Waals surface area contributed by atoms with Crippen LogP contribution in [0.15, 0.2) is 152 Å². The molecule has 0 saturated carbocycles. The van der Waals surface area contributed by atoms with Gasteiger partial charge in [-0.1, -0.05) is 0 Å². The normalized spacial score (nSPS) is 11.4. The van der Waals surface area contributed by atoms with Crippen LogP contribution in [0.1, 0.15) is 15.1 Å². The third kappa shape index (κ3) is 3.80. The van der Waals surface area contributed by atoms with Crippen molar-refractivity contribution in [2.45, 2.75) is 3.93 Å². The van der Waals surface area contributed by atoms with Gasteiger partial charge < -0.3 is 0 Å². The van der Waals surface area contributed by atoms with Crippen LogP contribution in [0.25, 0.3) is 0 Å². The molecule has 0 spiro atoms. The van der Waals surface area contributed by atoms with E-state index in [0.29, 0.717) is 3.93 Å². The molecular formula is C31H26Sn. The van der Waals surface area contributed by atoms with Crippen LogP contribution in [0.2, 0.25) is 0 Å². The molecule has 154 valence electrons. The van der Waals surface area contributed by atoms with Gasteiger partial charge in [0.15, 0.2) is 0 Å². The minimum atomic E-state index is -3.63. The quantitative estimate of drug-likeness (QED) is 0.260. The Morgan fingerprint density at radius 3 is 0.844 bits per heavy atom. The first kappa shape index (κ1) is 20.8. The molecule has 32 heavy (non-hydrogen) atoms. The first-order chi connectivity index (χ1) is 15.9. The van der Waals surface area contributed by atoms with Gasteiger partial charge in [0.25, 0.3) is 0 Å². The summed E-state index contributed by atoms with van der Waals surface area (Å²) in [6.07, 6.45) is 0. The molecule has 0 aliphatic rings. The van der Waals surface area contributed by atoms with Crippen molar-refractivity contribution in [2.75, 3.05) is 0 Å². The summed E-state index contributed by atoms with van der Waals surface area (Å²) in [6.45, 7) is 0. The Morgan fingerprint density at radius 1 is 0.312 bits per heavy atom.